The van der Waals surface area contributed by atoms with Crippen molar-refractivity contribution in [1.29, 1.82) is 0 Å². The van der Waals surface area contributed by atoms with Crippen LogP contribution in [0.25, 0.3) is 0 Å². The van der Waals surface area contributed by atoms with Gasteiger partial charge in [-0.15, -0.1) is 0 Å². The molecule has 2 aromatic carbocycles. The molecule has 32 heavy (non-hydrogen) atoms. The van der Waals surface area contributed by atoms with Crippen LogP contribution in [-0.2, 0) is 17.9 Å². The second kappa shape index (κ2) is 13.0. The van der Waals surface area contributed by atoms with E-state index in [0.29, 0.717) is 38.2 Å². The van der Waals surface area contributed by atoms with Crippen molar-refractivity contribution in [2.45, 2.75) is 19.6 Å². The van der Waals surface area contributed by atoms with Crippen molar-refractivity contribution in [3.05, 3.63) is 84.1 Å². The van der Waals surface area contributed by atoms with Crippen LogP contribution in [0.3, 0.4) is 0 Å². The van der Waals surface area contributed by atoms with Gasteiger partial charge < -0.3 is 24.8 Å². The van der Waals surface area contributed by atoms with Gasteiger partial charge in [-0.05, 0) is 29.3 Å². The van der Waals surface area contributed by atoms with E-state index in [1.807, 2.05) is 66.7 Å². The summed E-state index contributed by atoms with van der Waals surface area (Å²) in [5.74, 6) is 2.05. The Hall–Kier alpha value is -3.58. The fourth-order valence-corrected chi connectivity index (χ4v) is 2.93. The topological polar surface area (TPSA) is 77.0 Å². The molecule has 0 aliphatic heterocycles. The molecule has 2 N–H and O–H groups in total. The van der Waals surface area contributed by atoms with Crippen molar-refractivity contribution in [3.8, 4) is 11.6 Å². The number of guanidine groups is 1. The summed E-state index contributed by atoms with van der Waals surface area (Å²) < 4.78 is 16.6. The molecular formula is C25H30N4O3. The standard InChI is InChI=1S/C25H30N4O3/c1-26-25(29-22-10-6-11-23(17-22)31-15-7-14-30-2)28-18-21-12-13-27-24(16-21)32-19-20-8-4-3-5-9-20/h3-6,8-13,16-17H,7,14-15,18-19H2,1-2H3,(H2,26,28,29). The molecule has 0 unspecified atom stereocenters. The van der Waals surface area contributed by atoms with Crippen molar-refractivity contribution >= 4 is 11.6 Å². The maximum absolute atomic E-state index is 5.82. The van der Waals surface area contributed by atoms with Gasteiger partial charge in [0.2, 0.25) is 5.88 Å². The second-order valence-corrected chi connectivity index (χ2v) is 7.05. The zero-order valence-corrected chi connectivity index (χ0v) is 18.6. The zero-order valence-electron chi connectivity index (χ0n) is 18.6. The molecule has 7 nitrogen and oxygen atoms in total. The highest BCUT2D eigenvalue weighted by atomic mass is 16.5. The van der Waals surface area contributed by atoms with Gasteiger partial charge in [0, 0.05) is 57.7 Å². The molecule has 0 radical (unpaired) electrons. The Morgan fingerprint density at radius 1 is 0.938 bits per heavy atom. The first-order chi connectivity index (χ1) is 15.8. The normalized spacial score (nSPS) is 11.1. The van der Waals surface area contributed by atoms with Gasteiger partial charge in [0.05, 0.1) is 6.61 Å². The second-order valence-electron chi connectivity index (χ2n) is 7.05. The first-order valence-corrected chi connectivity index (χ1v) is 10.6. The molecule has 0 saturated heterocycles. The lowest BCUT2D eigenvalue weighted by Gasteiger charge is -2.14. The fourth-order valence-electron chi connectivity index (χ4n) is 2.93. The average Bonchev–Trinajstić information content (AvgIpc) is 2.84. The minimum absolute atomic E-state index is 0.484. The number of nitrogens with zero attached hydrogens (tertiary/aromatic N) is 2. The maximum Gasteiger partial charge on any atom is 0.213 e. The molecule has 0 spiro atoms. The van der Waals surface area contributed by atoms with Crippen LogP contribution in [0.2, 0.25) is 0 Å². The van der Waals surface area contributed by atoms with Gasteiger partial charge in [-0.1, -0.05) is 36.4 Å². The van der Waals surface area contributed by atoms with E-state index in [1.165, 1.54) is 0 Å². The minimum Gasteiger partial charge on any atom is -0.493 e. The monoisotopic (exact) mass is 434 g/mol. The molecule has 0 aliphatic carbocycles. The predicted molar refractivity (Wildman–Crippen MR) is 127 cm³/mol. The van der Waals surface area contributed by atoms with Crippen molar-refractivity contribution in [2.75, 3.05) is 32.7 Å². The van der Waals surface area contributed by atoms with Crippen LogP contribution in [0.1, 0.15) is 17.5 Å². The Bertz CT molecular complexity index is 980. The van der Waals surface area contributed by atoms with Crippen LogP contribution >= 0.6 is 0 Å². The Kier molecular flexibility index (Phi) is 9.36. The van der Waals surface area contributed by atoms with Crippen LogP contribution in [0.5, 0.6) is 11.6 Å². The summed E-state index contributed by atoms with van der Waals surface area (Å²) in [5, 5.41) is 6.60. The number of rotatable bonds is 11. The number of benzene rings is 2. The summed E-state index contributed by atoms with van der Waals surface area (Å²) in [5.41, 5.74) is 3.04. The highest BCUT2D eigenvalue weighted by Gasteiger charge is 2.04. The van der Waals surface area contributed by atoms with E-state index in [2.05, 4.69) is 20.6 Å². The number of methoxy groups -OCH3 is 1. The highest BCUT2D eigenvalue weighted by Crippen LogP contribution is 2.18. The van der Waals surface area contributed by atoms with E-state index in [4.69, 9.17) is 14.2 Å². The van der Waals surface area contributed by atoms with Gasteiger partial charge >= 0.3 is 0 Å². The first-order valence-electron chi connectivity index (χ1n) is 10.6. The molecule has 0 fully saturated rings. The molecule has 3 aromatic rings. The number of nitrogens with one attached hydrogen (secondary N) is 2. The summed E-state index contributed by atoms with van der Waals surface area (Å²) in [6.07, 6.45) is 2.60. The SMILES string of the molecule is CN=C(NCc1ccnc(OCc2ccccc2)c1)Nc1cccc(OCCCOC)c1. The molecule has 3 rings (SSSR count). The molecule has 1 heterocycles. The molecule has 1 aromatic heterocycles. The largest absolute Gasteiger partial charge is 0.493 e. The maximum atomic E-state index is 5.82. The van der Waals surface area contributed by atoms with Crippen molar-refractivity contribution in [1.82, 2.24) is 10.3 Å². The summed E-state index contributed by atoms with van der Waals surface area (Å²) >= 11 is 0. The van der Waals surface area contributed by atoms with Crippen LogP contribution in [0.4, 0.5) is 5.69 Å². The molecule has 0 aliphatic rings. The van der Waals surface area contributed by atoms with Crippen LogP contribution < -0.4 is 20.1 Å². The molecule has 0 bridgehead atoms. The predicted octanol–water partition coefficient (Wildman–Crippen LogP) is 4.26. The third-order valence-corrected chi connectivity index (χ3v) is 4.57. The van der Waals surface area contributed by atoms with Gasteiger partial charge in [0.1, 0.15) is 12.4 Å². The van der Waals surface area contributed by atoms with E-state index < -0.39 is 0 Å². The molecule has 0 saturated carbocycles. The number of hydrogen-bond acceptors (Lipinski definition) is 5. The lowest BCUT2D eigenvalue weighted by Crippen LogP contribution is -2.30. The lowest BCUT2D eigenvalue weighted by atomic mass is 10.2. The van der Waals surface area contributed by atoms with Gasteiger partial charge in [-0.2, -0.15) is 0 Å². The Morgan fingerprint density at radius 2 is 1.81 bits per heavy atom. The van der Waals surface area contributed by atoms with Gasteiger partial charge in [0.25, 0.3) is 0 Å². The number of aliphatic imine (C=N–C) groups is 1. The first kappa shape index (κ1) is 23.1. The van der Waals surface area contributed by atoms with Crippen LogP contribution in [-0.4, -0.2) is 38.3 Å². The van der Waals surface area contributed by atoms with E-state index in [-0.39, 0.29) is 0 Å². The van der Waals surface area contributed by atoms with E-state index >= 15 is 0 Å². The van der Waals surface area contributed by atoms with Crippen LogP contribution in [0.15, 0.2) is 77.9 Å². The summed E-state index contributed by atoms with van der Waals surface area (Å²) in [6, 6.07) is 21.7. The number of pyridine rings is 1. The third-order valence-electron chi connectivity index (χ3n) is 4.57. The molecule has 7 heteroatoms. The third kappa shape index (κ3) is 7.92. The molecule has 168 valence electrons. The zero-order chi connectivity index (χ0) is 22.4. The Balaban J connectivity index is 1.50. The lowest BCUT2D eigenvalue weighted by molar-refractivity contribution is 0.172. The molecule has 0 amide bonds. The number of aromatic nitrogens is 1. The smallest absolute Gasteiger partial charge is 0.213 e. The molecule has 0 atom stereocenters. The van der Waals surface area contributed by atoms with Gasteiger partial charge in [-0.25, -0.2) is 4.98 Å². The van der Waals surface area contributed by atoms with Crippen molar-refractivity contribution in [2.24, 2.45) is 4.99 Å². The highest BCUT2D eigenvalue weighted by molar-refractivity contribution is 5.93. The fraction of sp³-hybridized carbons (Fsp3) is 0.280. The number of hydrogen-bond donors (Lipinski definition) is 2. The van der Waals surface area contributed by atoms with E-state index in [0.717, 1.165) is 29.0 Å². The summed E-state index contributed by atoms with van der Waals surface area (Å²) in [6.45, 7) is 2.36. The quantitative estimate of drug-likeness (QED) is 0.267. The summed E-state index contributed by atoms with van der Waals surface area (Å²) in [4.78, 5) is 8.60. The van der Waals surface area contributed by atoms with Gasteiger partial charge in [0.15, 0.2) is 5.96 Å². The van der Waals surface area contributed by atoms with Crippen LogP contribution in [0, 0.1) is 0 Å². The van der Waals surface area contributed by atoms with E-state index in [1.54, 1.807) is 20.4 Å². The Labute approximate surface area is 189 Å². The minimum atomic E-state index is 0.484. The number of anilines is 1. The Morgan fingerprint density at radius 3 is 2.62 bits per heavy atom. The average molecular weight is 435 g/mol. The van der Waals surface area contributed by atoms with Crippen molar-refractivity contribution in [3.63, 3.8) is 0 Å². The molecular weight excluding hydrogens is 404 g/mol. The van der Waals surface area contributed by atoms with Gasteiger partial charge in [-0.3, -0.25) is 4.99 Å². The summed E-state index contributed by atoms with van der Waals surface area (Å²) in [7, 11) is 3.43. The number of ether oxygens (including phenoxy) is 3. The van der Waals surface area contributed by atoms with E-state index in [9.17, 15) is 0 Å². The van der Waals surface area contributed by atoms with Crippen molar-refractivity contribution < 1.29 is 14.2 Å².